The summed E-state index contributed by atoms with van der Waals surface area (Å²) < 4.78 is 40.3. The highest BCUT2D eigenvalue weighted by Gasteiger charge is 2.36. The van der Waals surface area contributed by atoms with Crippen LogP contribution in [-0.2, 0) is 10.0 Å². The monoisotopic (exact) mass is 523 g/mol. The molecule has 2 heterocycles. The van der Waals surface area contributed by atoms with Crippen molar-refractivity contribution in [2.24, 2.45) is 5.41 Å². The summed E-state index contributed by atoms with van der Waals surface area (Å²) in [4.78, 5) is 21.4. The third-order valence-electron chi connectivity index (χ3n) is 6.67. The molecule has 0 radical (unpaired) electrons. The molecule has 37 heavy (non-hydrogen) atoms. The highest BCUT2D eigenvalue weighted by atomic mass is 32.2. The number of rotatable bonds is 7. The van der Waals surface area contributed by atoms with Gasteiger partial charge in [0, 0.05) is 29.4 Å². The van der Waals surface area contributed by atoms with Crippen LogP contribution in [0.15, 0.2) is 48.7 Å². The molecule has 2 fully saturated rings. The van der Waals surface area contributed by atoms with Gasteiger partial charge in [-0.25, -0.2) is 22.6 Å². The van der Waals surface area contributed by atoms with Crippen LogP contribution in [0.1, 0.15) is 51.1 Å². The zero-order chi connectivity index (χ0) is 26.4. The standard InChI is InChI=1S/C27H30FN5O3S/c1-27(2)14-20(15-27)30-26(34)32-24-10-17(6-7-21(24)28)19-11-22(16-4-5-16)31-23(12-19)18-8-9-29-25(13-18)33-37(3,35)36/h6-13,16,20H,4-5,14-15H2,1-3H3,(H,29,33)(H2,30,32,34). The lowest BCUT2D eigenvalue weighted by molar-refractivity contribution is 0.132. The van der Waals surface area contributed by atoms with E-state index in [4.69, 9.17) is 4.98 Å². The number of sulfonamides is 1. The van der Waals surface area contributed by atoms with Crippen molar-refractivity contribution in [3.63, 3.8) is 0 Å². The topological polar surface area (TPSA) is 113 Å². The first-order valence-corrected chi connectivity index (χ1v) is 14.2. The third-order valence-corrected chi connectivity index (χ3v) is 7.25. The van der Waals surface area contributed by atoms with E-state index in [1.54, 1.807) is 24.3 Å². The van der Waals surface area contributed by atoms with Crippen molar-refractivity contribution < 1.29 is 17.6 Å². The van der Waals surface area contributed by atoms with Crippen LogP contribution in [0.2, 0.25) is 0 Å². The second-order valence-electron chi connectivity index (χ2n) is 10.8. The highest BCUT2D eigenvalue weighted by Crippen LogP contribution is 2.42. The van der Waals surface area contributed by atoms with Crippen molar-refractivity contribution >= 4 is 27.6 Å². The summed E-state index contributed by atoms with van der Waals surface area (Å²) >= 11 is 0. The molecule has 10 heteroatoms. The third kappa shape index (κ3) is 6.25. The predicted octanol–water partition coefficient (Wildman–Crippen LogP) is 5.51. The largest absolute Gasteiger partial charge is 0.335 e. The number of aromatic nitrogens is 2. The fourth-order valence-corrected chi connectivity index (χ4v) is 5.30. The summed E-state index contributed by atoms with van der Waals surface area (Å²) in [7, 11) is -3.48. The normalized spacial score (nSPS) is 17.1. The van der Waals surface area contributed by atoms with Gasteiger partial charge in [-0.05, 0) is 78.6 Å². The molecule has 2 aliphatic rings. The van der Waals surface area contributed by atoms with E-state index in [0.29, 0.717) is 17.2 Å². The van der Waals surface area contributed by atoms with Crippen LogP contribution >= 0.6 is 0 Å². The van der Waals surface area contributed by atoms with Gasteiger partial charge in [-0.3, -0.25) is 9.71 Å². The molecule has 0 spiro atoms. The Kier molecular flexibility index (Phi) is 6.39. The lowest BCUT2D eigenvalue weighted by atomic mass is 9.68. The first kappa shape index (κ1) is 25.1. The SMILES string of the molecule is CC1(C)CC(NC(=O)Nc2cc(-c3cc(-c4ccnc(NS(C)(=O)=O)c4)nc(C4CC4)c3)ccc2F)C1. The van der Waals surface area contributed by atoms with E-state index in [1.165, 1.54) is 12.3 Å². The number of hydrogen-bond acceptors (Lipinski definition) is 5. The van der Waals surface area contributed by atoms with Crippen LogP contribution in [0, 0.1) is 11.2 Å². The van der Waals surface area contributed by atoms with Crippen molar-refractivity contribution in [2.45, 2.75) is 51.5 Å². The van der Waals surface area contributed by atoms with Gasteiger partial charge in [0.15, 0.2) is 0 Å². The number of carbonyl (C=O) groups excluding carboxylic acids is 1. The molecule has 2 amide bonds. The van der Waals surface area contributed by atoms with Crippen molar-refractivity contribution in [1.82, 2.24) is 15.3 Å². The van der Waals surface area contributed by atoms with Crippen LogP contribution in [0.3, 0.4) is 0 Å². The average molecular weight is 524 g/mol. The molecular formula is C27H30FN5O3S. The molecule has 0 atom stereocenters. The number of hydrogen-bond donors (Lipinski definition) is 3. The highest BCUT2D eigenvalue weighted by molar-refractivity contribution is 7.92. The number of carbonyl (C=O) groups is 1. The molecule has 0 aliphatic heterocycles. The zero-order valence-electron chi connectivity index (χ0n) is 21.0. The minimum absolute atomic E-state index is 0.0903. The summed E-state index contributed by atoms with van der Waals surface area (Å²) in [6, 6.07) is 11.6. The molecule has 2 saturated carbocycles. The van der Waals surface area contributed by atoms with Crippen LogP contribution in [0.4, 0.5) is 20.7 Å². The Balaban J connectivity index is 1.43. The lowest BCUT2D eigenvalue weighted by Crippen LogP contribution is -2.49. The van der Waals surface area contributed by atoms with E-state index < -0.39 is 21.9 Å². The van der Waals surface area contributed by atoms with E-state index >= 15 is 0 Å². The quantitative estimate of drug-likeness (QED) is 0.378. The van der Waals surface area contributed by atoms with Crippen molar-refractivity contribution in [1.29, 1.82) is 0 Å². The Morgan fingerprint density at radius 3 is 2.46 bits per heavy atom. The van der Waals surface area contributed by atoms with E-state index in [-0.39, 0.29) is 23.0 Å². The number of pyridine rings is 2. The maximum atomic E-state index is 14.6. The van der Waals surface area contributed by atoms with Gasteiger partial charge in [-0.15, -0.1) is 0 Å². The van der Waals surface area contributed by atoms with Crippen molar-refractivity contribution in [3.05, 3.63) is 60.2 Å². The fraction of sp³-hybridized carbons (Fsp3) is 0.370. The molecule has 2 aromatic heterocycles. The summed E-state index contributed by atoms with van der Waals surface area (Å²) in [5.74, 6) is 0.0363. The van der Waals surface area contributed by atoms with Gasteiger partial charge in [0.1, 0.15) is 11.6 Å². The molecule has 0 unspecified atom stereocenters. The van der Waals surface area contributed by atoms with Gasteiger partial charge in [-0.2, -0.15) is 0 Å². The van der Waals surface area contributed by atoms with E-state index in [1.807, 2.05) is 12.1 Å². The number of urea groups is 1. The number of nitrogens with zero attached hydrogens (tertiary/aromatic N) is 2. The molecular weight excluding hydrogens is 493 g/mol. The Bertz CT molecular complexity index is 1460. The molecule has 0 saturated heterocycles. The molecule has 1 aromatic carbocycles. The Morgan fingerprint density at radius 1 is 1.03 bits per heavy atom. The van der Waals surface area contributed by atoms with Crippen LogP contribution in [0.25, 0.3) is 22.4 Å². The minimum Gasteiger partial charge on any atom is -0.335 e. The van der Waals surface area contributed by atoms with E-state index in [0.717, 1.165) is 48.8 Å². The van der Waals surface area contributed by atoms with Gasteiger partial charge in [0.25, 0.3) is 0 Å². The van der Waals surface area contributed by atoms with Gasteiger partial charge >= 0.3 is 6.03 Å². The Morgan fingerprint density at radius 2 is 1.78 bits per heavy atom. The molecule has 2 aliphatic carbocycles. The summed E-state index contributed by atoms with van der Waals surface area (Å²) in [6.45, 7) is 4.31. The lowest BCUT2D eigenvalue weighted by Gasteiger charge is -2.42. The van der Waals surface area contributed by atoms with Gasteiger partial charge in [0.2, 0.25) is 10.0 Å². The van der Waals surface area contributed by atoms with Crippen LogP contribution < -0.4 is 15.4 Å². The minimum atomic E-state index is -3.48. The number of amides is 2. The summed E-state index contributed by atoms with van der Waals surface area (Å²) in [6.07, 6.45) is 6.46. The molecule has 0 bridgehead atoms. The van der Waals surface area contributed by atoms with E-state index in [2.05, 4.69) is 34.2 Å². The Labute approximate surface area is 216 Å². The maximum absolute atomic E-state index is 14.6. The summed E-state index contributed by atoms with van der Waals surface area (Å²) in [5.41, 5.74) is 4.16. The number of nitrogens with one attached hydrogen (secondary N) is 3. The summed E-state index contributed by atoms with van der Waals surface area (Å²) in [5, 5.41) is 5.57. The molecule has 5 rings (SSSR count). The van der Waals surface area contributed by atoms with Crippen LogP contribution in [0.5, 0.6) is 0 Å². The first-order chi connectivity index (χ1) is 17.4. The van der Waals surface area contributed by atoms with E-state index in [9.17, 15) is 17.6 Å². The molecule has 8 nitrogen and oxygen atoms in total. The number of halogens is 1. The smallest absolute Gasteiger partial charge is 0.319 e. The second-order valence-corrected chi connectivity index (χ2v) is 12.6. The molecule has 194 valence electrons. The first-order valence-electron chi connectivity index (χ1n) is 12.3. The van der Waals surface area contributed by atoms with Gasteiger partial charge < -0.3 is 10.6 Å². The van der Waals surface area contributed by atoms with Gasteiger partial charge in [-0.1, -0.05) is 19.9 Å². The number of benzene rings is 1. The van der Waals surface area contributed by atoms with Crippen molar-refractivity contribution in [3.8, 4) is 22.4 Å². The zero-order valence-corrected chi connectivity index (χ0v) is 21.8. The van der Waals surface area contributed by atoms with Crippen molar-refractivity contribution in [2.75, 3.05) is 16.3 Å². The number of anilines is 2. The van der Waals surface area contributed by atoms with Gasteiger partial charge in [0.05, 0.1) is 17.6 Å². The Hall–Kier alpha value is -3.53. The second kappa shape index (κ2) is 9.41. The van der Waals surface area contributed by atoms with Crippen LogP contribution in [-0.4, -0.2) is 36.7 Å². The average Bonchev–Trinajstić information content (AvgIpc) is 3.64. The predicted molar refractivity (Wildman–Crippen MR) is 142 cm³/mol. The maximum Gasteiger partial charge on any atom is 0.319 e. The fourth-order valence-electron chi connectivity index (χ4n) is 4.81. The molecule has 3 aromatic rings. The molecule has 3 N–H and O–H groups in total.